The second-order valence-electron chi connectivity index (χ2n) is 5.04. The zero-order chi connectivity index (χ0) is 11.4. The highest BCUT2D eigenvalue weighted by molar-refractivity contribution is 5.55. The van der Waals surface area contributed by atoms with Gasteiger partial charge in [0.05, 0.1) is 0 Å². The van der Waals surface area contributed by atoms with Crippen molar-refractivity contribution in [1.82, 2.24) is 0 Å². The third-order valence-electron chi connectivity index (χ3n) is 3.73. The number of rotatable bonds is 4. The molecule has 0 saturated heterocycles. The first-order chi connectivity index (χ1) is 7.81. The zero-order valence-electron chi connectivity index (χ0n) is 10.6. The number of aryl methyl sites for hydroxylation is 1. The van der Waals surface area contributed by atoms with Crippen molar-refractivity contribution < 1.29 is 0 Å². The second kappa shape index (κ2) is 5.38. The molecular formula is C15H23N. The van der Waals surface area contributed by atoms with Crippen LogP contribution in [0.3, 0.4) is 0 Å². The molecule has 0 amide bonds. The predicted molar refractivity (Wildman–Crippen MR) is 71.0 cm³/mol. The van der Waals surface area contributed by atoms with Crippen molar-refractivity contribution in [3.8, 4) is 0 Å². The highest BCUT2D eigenvalue weighted by atomic mass is 14.9. The van der Waals surface area contributed by atoms with Gasteiger partial charge in [-0.15, -0.1) is 0 Å². The molecule has 0 fully saturated rings. The third kappa shape index (κ3) is 2.58. The number of anilines is 1. The summed E-state index contributed by atoms with van der Waals surface area (Å²) >= 11 is 0. The highest BCUT2D eigenvalue weighted by Crippen LogP contribution is 2.27. The lowest BCUT2D eigenvalue weighted by Gasteiger charge is -2.21. The summed E-state index contributed by atoms with van der Waals surface area (Å²) < 4.78 is 0. The normalized spacial score (nSPS) is 16.6. The molecule has 1 aliphatic carbocycles. The van der Waals surface area contributed by atoms with Crippen molar-refractivity contribution in [1.29, 1.82) is 0 Å². The van der Waals surface area contributed by atoms with Crippen LogP contribution in [-0.2, 0) is 12.8 Å². The van der Waals surface area contributed by atoms with E-state index in [2.05, 4.69) is 37.4 Å². The van der Waals surface area contributed by atoms with Gasteiger partial charge in [-0.25, -0.2) is 0 Å². The van der Waals surface area contributed by atoms with Crippen molar-refractivity contribution in [2.75, 3.05) is 11.9 Å². The van der Waals surface area contributed by atoms with E-state index in [0.29, 0.717) is 0 Å². The topological polar surface area (TPSA) is 12.0 Å². The highest BCUT2D eigenvalue weighted by Gasteiger charge is 2.12. The molecule has 1 aliphatic rings. The number of benzene rings is 1. The summed E-state index contributed by atoms with van der Waals surface area (Å²) in [7, 11) is 0. The molecule has 1 aromatic carbocycles. The van der Waals surface area contributed by atoms with Crippen LogP contribution in [0.4, 0.5) is 5.69 Å². The van der Waals surface area contributed by atoms with Crippen LogP contribution in [0.15, 0.2) is 18.2 Å². The summed E-state index contributed by atoms with van der Waals surface area (Å²) in [6, 6.07) is 6.73. The number of hydrogen-bond acceptors (Lipinski definition) is 1. The van der Waals surface area contributed by atoms with Crippen LogP contribution >= 0.6 is 0 Å². The molecule has 16 heavy (non-hydrogen) atoms. The average molecular weight is 217 g/mol. The van der Waals surface area contributed by atoms with Crippen molar-refractivity contribution in [2.45, 2.75) is 46.0 Å². The van der Waals surface area contributed by atoms with E-state index in [-0.39, 0.29) is 0 Å². The third-order valence-corrected chi connectivity index (χ3v) is 3.73. The average Bonchev–Trinajstić information content (AvgIpc) is 2.35. The van der Waals surface area contributed by atoms with E-state index in [1.165, 1.54) is 37.8 Å². The van der Waals surface area contributed by atoms with E-state index in [1.807, 2.05) is 0 Å². The van der Waals surface area contributed by atoms with Crippen LogP contribution in [0.25, 0.3) is 0 Å². The van der Waals surface area contributed by atoms with Gasteiger partial charge in [-0.1, -0.05) is 32.4 Å². The summed E-state index contributed by atoms with van der Waals surface area (Å²) in [6.45, 7) is 5.67. The van der Waals surface area contributed by atoms with Gasteiger partial charge < -0.3 is 5.32 Å². The Bertz CT molecular complexity index is 343. The van der Waals surface area contributed by atoms with E-state index in [9.17, 15) is 0 Å². The SMILES string of the molecule is CCC(C)CNc1cccc2c1CCCC2. The minimum Gasteiger partial charge on any atom is -0.385 e. The number of nitrogens with one attached hydrogen (secondary N) is 1. The monoisotopic (exact) mass is 217 g/mol. The van der Waals surface area contributed by atoms with Gasteiger partial charge in [-0.3, -0.25) is 0 Å². The molecule has 0 heterocycles. The Morgan fingerprint density at radius 2 is 2.06 bits per heavy atom. The minimum atomic E-state index is 0.763. The summed E-state index contributed by atoms with van der Waals surface area (Å²) in [4.78, 5) is 0. The fourth-order valence-corrected chi connectivity index (χ4v) is 2.38. The predicted octanol–water partition coefficient (Wildman–Crippen LogP) is 4.02. The molecule has 2 rings (SSSR count). The Balaban J connectivity index is 2.08. The van der Waals surface area contributed by atoms with Crippen molar-refractivity contribution in [2.24, 2.45) is 5.92 Å². The molecule has 0 aromatic heterocycles. The first kappa shape index (κ1) is 11.5. The molecule has 1 N–H and O–H groups in total. The molecule has 0 aliphatic heterocycles. The van der Waals surface area contributed by atoms with Gasteiger partial charge in [0.1, 0.15) is 0 Å². The van der Waals surface area contributed by atoms with Crippen LogP contribution < -0.4 is 5.32 Å². The lowest BCUT2D eigenvalue weighted by Crippen LogP contribution is -2.13. The van der Waals surface area contributed by atoms with Crippen LogP contribution in [0, 0.1) is 5.92 Å². The van der Waals surface area contributed by atoms with Gasteiger partial charge in [0.25, 0.3) is 0 Å². The van der Waals surface area contributed by atoms with Gasteiger partial charge in [0.2, 0.25) is 0 Å². The summed E-state index contributed by atoms with van der Waals surface area (Å²) in [5.74, 6) is 0.763. The van der Waals surface area contributed by atoms with Crippen molar-refractivity contribution >= 4 is 5.69 Å². The minimum absolute atomic E-state index is 0.763. The maximum absolute atomic E-state index is 3.62. The Hall–Kier alpha value is -0.980. The molecule has 1 heteroatoms. The fourth-order valence-electron chi connectivity index (χ4n) is 2.38. The Labute approximate surface area is 99.3 Å². The largest absolute Gasteiger partial charge is 0.385 e. The lowest BCUT2D eigenvalue weighted by atomic mass is 9.90. The Kier molecular flexibility index (Phi) is 3.87. The van der Waals surface area contributed by atoms with Crippen molar-refractivity contribution in [3.63, 3.8) is 0 Å². The first-order valence-corrected chi connectivity index (χ1v) is 6.66. The Morgan fingerprint density at radius 3 is 2.88 bits per heavy atom. The molecule has 1 aromatic rings. The lowest BCUT2D eigenvalue weighted by molar-refractivity contribution is 0.592. The molecule has 1 unspecified atom stereocenters. The van der Waals surface area contributed by atoms with E-state index >= 15 is 0 Å². The molecule has 1 atom stereocenters. The van der Waals surface area contributed by atoms with Crippen LogP contribution in [-0.4, -0.2) is 6.54 Å². The van der Waals surface area contributed by atoms with Crippen LogP contribution in [0.5, 0.6) is 0 Å². The molecule has 0 saturated carbocycles. The van der Waals surface area contributed by atoms with E-state index < -0.39 is 0 Å². The molecule has 1 nitrogen and oxygen atoms in total. The molecular weight excluding hydrogens is 194 g/mol. The molecule has 0 bridgehead atoms. The van der Waals surface area contributed by atoms with Crippen molar-refractivity contribution in [3.05, 3.63) is 29.3 Å². The van der Waals surface area contributed by atoms with Gasteiger partial charge in [-0.2, -0.15) is 0 Å². The van der Waals surface area contributed by atoms with Gasteiger partial charge in [0, 0.05) is 12.2 Å². The van der Waals surface area contributed by atoms with E-state index in [0.717, 1.165) is 12.5 Å². The number of fused-ring (bicyclic) bond motifs is 1. The molecule has 0 spiro atoms. The summed E-state index contributed by atoms with van der Waals surface area (Å²) in [5.41, 5.74) is 4.54. The van der Waals surface area contributed by atoms with Crippen LogP contribution in [0.1, 0.15) is 44.2 Å². The molecule has 88 valence electrons. The Morgan fingerprint density at radius 1 is 1.25 bits per heavy atom. The van der Waals surface area contributed by atoms with E-state index in [1.54, 1.807) is 11.1 Å². The van der Waals surface area contributed by atoms with Gasteiger partial charge in [0.15, 0.2) is 0 Å². The quantitative estimate of drug-likeness (QED) is 0.803. The maximum atomic E-state index is 3.62. The summed E-state index contributed by atoms with van der Waals surface area (Å²) in [6.07, 6.45) is 6.51. The van der Waals surface area contributed by atoms with Gasteiger partial charge >= 0.3 is 0 Å². The second-order valence-corrected chi connectivity index (χ2v) is 5.04. The maximum Gasteiger partial charge on any atom is 0.0375 e. The molecule has 0 radical (unpaired) electrons. The smallest absolute Gasteiger partial charge is 0.0375 e. The number of hydrogen-bond donors (Lipinski definition) is 1. The van der Waals surface area contributed by atoms with Gasteiger partial charge in [-0.05, 0) is 48.8 Å². The standard InChI is InChI=1S/C15H23N/c1-3-12(2)11-16-15-10-6-8-13-7-4-5-9-14(13)15/h6,8,10,12,16H,3-5,7,9,11H2,1-2H3. The van der Waals surface area contributed by atoms with E-state index in [4.69, 9.17) is 0 Å². The summed E-state index contributed by atoms with van der Waals surface area (Å²) in [5, 5.41) is 3.62. The zero-order valence-corrected chi connectivity index (χ0v) is 10.6. The van der Waals surface area contributed by atoms with Crippen LogP contribution in [0.2, 0.25) is 0 Å². The fraction of sp³-hybridized carbons (Fsp3) is 0.600. The first-order valence-electron chi connectivity index (χ1n) is 6.66.